The SMILES string of the molecule is COc1cc(OC)c(NCCCCC#N)cc1Cl. The molecule has 0 amide bonds. The molecular formula is C13H17ClN2O2. The van der Waals surface area contributed by atoms with E-state index in [1.165, 1.54) is 0 Å². The number of nitrogens with one attached hydrogen (secondary N) is 1. The summed E-state index contributed by atoms with van der Waals surface area (Å²) in [5.74, 6) is 1.28. The van der Waals surface area contributed by atoms with Gasteiger partial charge >= 0.3 is 0 Å². The van der Waals surface area contributed by atoms with E-state index in [0.717, 1.165) is 25.1 Å². The summed E-state index contributed by atoms with van der Waals surface area (Å²) >= 11 is 6.06. The molecule has 0 atom stereocenters. The summed E-state index contributed by atoms with van der Waals surface area (Å²) in [5.41, 5.74) is 0.834. The van der Waals surface area contributed by atoms with Crippen molar-refractivity contribution in [3.63, 3.8) is 0 Å². The summed E-state index contributed by atoms with van der Waals surface area (Å²) in [4.78, 5) is 0. The molecule has 18 heavy (non-hydrogen) atoms. The predicted octanol–water partition coefficient (Wildman–Crippen LogP) is 3.46. The number of nitriles is 1. The summed E-state index contributed by atoms with van der Waals surface area (Å²) < 4.78 is 10.4. The molecule has 0 heterocycles. The molecule has 0 aromatic heterocycles. The van der Waals surface area contributed by atoms with Gasteiger partial charge in [0.2, 0.25) is 0 Å². The third-order valence-corrected chi connectivity index (χ3v) is 2.80. The third-order valence-electron chi connectivity index (χ3n) is 2.50. The highest BCUT2D eigenvalue weighted by atomic mass is 35.5. The van der Waals surface area contributed by atoms with Crippen molar-refractivity contribution in [3.8, 4) is 17.6 Å². The van der Waals surface area contributed by atoms with Crippen LogP contribution in [0.5, 0.6) is 11.5 Å². The number of benzene rings is 1. The summed E-state index contributed by atoms with van der Waals surface area (Å²) in [6.45, 7) is 0.778. The van der Waals surface area contributed by atoms with Crippen molar-refractivity contribution in [2.75, 3.05) is 26.1 Å². The van der Waals surface area contributed by atoms with Gasteiger partial charge in [-0.05, 0) is 18.9 Å². The van der Waals surface area contributed by atoms with Crippen molar-refractivity contribution in [2.24, 2.45) is 0 Å². The Bertz CT molecular complexity index is 430. The molecular weight excluding hydrogens is 252 g/mol. The maximum atomic E-state index is 8.44. The maximum absolute atomic E-state index is 8.44. The van der Waals surface area contributed by atoms with E-state index in [1.807, 2.05) is 0 Å². The van der Waals surface area contributed by atoms with Gasteiger partial charge in [0, 0.05) is 19.0 Å². The number of ether oxygens (including phenoxy) is 2. The van der Waals surface area contributed by atoms with Crippen LogP contribution in [0, 0.1) is 11.3 Å². The van der Waals surface area contributed by atoms with Crippen molar-refractivity contribution >= 4 is 17.3 Å². The Morgan fingerprint density at radius 2 is 1.94 bits per heavy atom. The van der Waals surface area contributed by atoms with Crippen molar-refractivity contribution in [2.45, 2.75) is 19.3 Å². The first-order chi connectivity index (χ1) is 8.72. The lowest BCUT2D eigenvalue weighted by atomic mass is 10.2. The summed E-state index contributed by atoms with van der Waals surface area (Å²) in [5, 5.41) is 12.2. The number of hydrogen-bond acceptors (Lipinski definition) is 4. The molecule has 98 valence electrons. The first-order valence-corrected chi connectivity index (χ1v) is 6.13. The van der Waals surface area contributed by atoms with Gasteiger partial charge < -0.3 is 14.8 Å². The lowest BCUT2D eigenvalue weighted by molar-refractivity contribution is 0.395. The molecule has 0 bridgehead atoms. The minimum atomic E-state index is 0.540. The Hall–Kier alpha value is -1.60. The largest absolute Gasteiger partial charge is 0.495 e. The normalized spacial score (nSPS) is 9.67. The van der Waals surface area contributed by atoms with Crippen LogP contribution in [-0.4, -0.2) is 20.8 Å². The lowest BCUT2D eigenvalue weighted by Gasteiger charge is -2.13. The van der Waals surface area contributed by atoms with Crippen LogP contribution in [0.25, 0.3) is 0 Å². The molecule has 0 spiro atoms. The zero-order valence-corrected chi connectivity index (χ0v) is 11.4. The highest BCUT2D eigenvalue weighted by molar-refractivity contribution is 6.32. The van der Waals surface area contributed by atoms with Crippen LogP contribution < -0.4 is 14.8 Å². The second-order valence-electron chi connectivity index (χ2n) is 3.73. The van der Waals surface area contributed by atoms with E-state index in [-0.39, 0.29) is 0 Å². The molecule has 0 saturated carbocycles. The van der Waals surface area contributed by atoms with Gasteiger partial charge in [0.1, 0.15) is 11.5 Å². The fraction of sp³-hybridized carbons (Fsp3) is 0.462. The molecule has 0 unspecified atom stereocenters. The van der Waals surface area contributed by atoms with Gasteiger partial charge in [-0.15, -0.1) is 0 Å². The van der Waals surface area contributed by atoms with Gasteiger partial charge in [-0.25, -0.2) is 0 Å². The van der Waals surface area contributed by atoms with E-state index in [4.69, 9.17) is 26.3 Å². The highest BCUT2D eigenvalue weighted by Crippen LogP contribution is 2.35. The first-order valence-electron chi connectivity index (χ1n) is 5.75. The molecule has 0 saturated heterocycles. The van der Waals surface area contributed by atoms with Crippen molar-refractivity contribution in [3.05, 3.63) is 17.2 Å². The van der Waals surface area contributed by atoms with Gasteiger partial charge in [-0.2, -0.15) is 5.26 Å². The van der Waals surface area contributed by atoms with Crippen molar-refractivity contribution in [1.29, 1.82) is 5.26 Å². The first kappa shape index (κ1) is 14.5. The molecule has 1 N–H and O–H groups in total. The molecule has 0 aliphatic rings. The van der Waals surface area contributed by atoms with Gasteiger partial charge in [0.25, 0.3) is 0 Å². The quantitative estimate of drug-likeness (QED) is 0.770. The van der Waals surface area contributed by atoms with Crippen LogP contribution in [0.3, 0.4) is 0 Å². The second-order valence-corrected chi connectivity index (χ2v) is 4.14. The van der Waals surface area contributed by atoms with Gasteiger partial charge in [-0.1, -0.05) is 11.6 Å². The average molecular weight is 269 g/mol. The van der Waals surface area contributed by atoms with E-state index in [2.05, 4.69) is 11.4 Å². The number of anilines is 1. The number of methoxy groups -OCH3 is 2. The van der Waals surface area contributed by atoms with Gasteiger partial charge in [0.05, 0.1) is 31.0 Å². The topological polar surface area (TPSA) is 54.3 Å². The Morgan fingerprint density at radius 1 is 1.22 bits per heavy atom. The van der Waals surface area contributed by atoms with Crippen LogP contribution in [0.2, 0.25) is 5.02 Å². The summed E-state index contributed by atoms with van der Waals surface area (Å²) in [7, 11) is 3.17. The zero-order valence-electron chi connectivity index (χ0n) is 10.6. The highest BCUT2D eigenvalue weighted by Gasteiger charge is 2.09. The predicted molar refractivity (Wildman–Crippen MR) is 72.5 cm³/mol. The molecule has 0 aliphatic heterocycles. The van der Waals surface area contributed by atoms with Crippen LogP contribution >= 0.6 is 11.6 Å². The Balaban J connectivity index is 2.64. The van der Waals surface area contributed by atoms with E-state index in [9.17, 15) is 0 Å². The molecule has 1 aromatic carbocycles. The minimum Gasteiger partial charge on any atom is -0.495 e. The van der Waals surface area contributed by atoms with Crippen molar-refractivity contribution < 1.29 is 9.47 Å². The smallest absolute Gasteiger partial charge is 0.145 e. The Kier molecular flexibility index (Phi) is 6.16. The van der Waals surface area contributed by atoms with E-state index in [0.29, 0.717) is 22.9 Å². The van der Waals surface area contributed by atoms with Crippen LogP contribution in [0.4, 0.5) is 5.69 Å². The number of rotatable bonds is 7. The number of hydrogen-bond donors (Lipinski definition) is 1. The zero-order chi connectivity index (χ0) is 13.4. The molecule has 0 aliphatic carbocycles. The van der Waals surface area contributed by atoms with E-state index < -0.39 is 0 Å². The fourth-order valence-electron chi connectivity index (χ4n) is 1.55. The minimum absolute atomic E-state index is 0.540. The van der Waals surface area contributed by atoms with E-state index in [1.54, 1.807) is 26.4 Å². The molecule has 1 aromatic rings. The molecule has 5 heteroatoms. The third kappa shape index (κ3) is 4.01. The van der Waals surface area contributed by atoms with Crippen LogP contribution in [0.1, 0.15) is 19.3 Å². The fourth-order valence-corrected chi connectivity index (χ4v) is 1.79. The van der Waals surface area contributed by atoms with Gasteiger partial charge in [-0.3, -0.25) is 0 Å². The van der Waals surface area contributed by atoms with E-state index >= 15 is 0 Å². The molecule has 0 fully saturated rings. The maximum Gasteiger partial charge on any atom is 0.145 e. The molecule has 4 nitrogen and oxygen atoms in total. The van der Waals surface area contributed by atoms with Crippen LogP contribution in [0.15, 0.2) is 12.1 Å². The summed E-state index contributed by atoms with van der Waals surface area (Å²) in [6, 6.07) is 5.65. The Morgan fingerprint density at radius 3 is 2.56 bits per heavy atom. The lowest BCUT2D eigenvalue weighted by Crippen LogP contribution is -2.03. The molecule has 0 radical (unpaired) electrons. The van der Waals surface area contributed by atoms with Crippen molar-refractivity contribution in [1.82, 2.24) is 0 Å². The van der Waals surface area contributed by atoms with Crippen LogP contribution in [-0.2, 0) is 0 Å². The summed E-state index contributed by atoms with van der Waals surface area (Å²) in [6.07, 6.45) is 2.40. The number of nitrogens with zero attached hydrogens (tertiary/aromatic N) is 1. The Labute approximate surface area is 112 Å². The average Bonchev–Trinajstić information content (AvgIpc) is 2.38. The molecule has 1 rings (SSSR count). The number of unbranched alkanes of at least 4 members (excludes halogenated alkanes) is 2. The second kappa shape index (κ2) is 7.67. The monoisotopic (exact) mass is 268 g/mol. The standard InChI is InChI=1S/C13H17ClN2O2/c1-17-12-9-13(18-2)11(8-10(12)14)16-7-5-3-4-6-15/h8-9,16H,3-5,7H2,1-2H3. The van der Waals surface area contributed by atoms with Gasteiger partial charge in [0.15, 0.2) is 0 Å². The number of halogens is 1.